The average Bonchev–Trinajstić information content (AvgIpc) is 3.34. The van der Waals surface area contributed by atoms with Gasteiger partial charge in [0, 0.05) is 25.7 Å². The topological polar surface area (TPSA) is 41.6 Å². The SMILES string of the molecule is O=C(C[C@@H]1CNCCO1)N(Cc1ccc(Cl)c(Cl)c1)C1CC1. The van der Waals surface area contributed by atoms with Gasteiger partial charge in [-0.05, 0) is 30.5 Å². The molecule has 1 aliphatic heterocycles. The zero-order valence-corrected chi connectivity index (χ0v) is 13.9. The van der Waals surface area contributed by atoms with Gasteiger partial charge in [-0.3, -0.25) is 4.79 Å². The van der Waals surface area contributed by atoms with Crippen LogP contribution in [0.1, 0.15) is 24.8 Å². The smallest absolute Gasteiger partial charge is 0.225 e. The molecule has 4 nitrogen and oxygen atoms in total. The second-order valence-electron chi connectivity index (χ2n) is 5.90. The highest BCUT2D eigenvalue weighted by Crippen LogP contribution is 2.30. The fourth-order valence-corrected chi connectivity index (χ4v) is 3.03. The first kappa shape index (κ1) is 16.1. The van der Waals surface area contributed by atoms with Crippen LogP contribution in [0.3, 0.4) is 0 Å². The Morgan fingerprint density at radius 3 is 2.77 bits per heavy atom. The molecule has 1 saturated carbocycles. The highest BCUT2D eigenvalue weighted by Gasteiger charge is 2.33. The van der Waals surface area contributed by atoms with Gasteiger partial charge in [0.2, 0.25) is 5.91 Å². The van der Waals surface area contributed by atoms with Crippen molar-refractivity contribution < 1.29 is 9.53 Å². The number of ether oxygens (including phenoxy) is 1. The van der Waals surface area contributed by atoms with Crippen LogP contribution in [-0.4, -0.2) is 42.6 Å². The first-order chi connectivity index (χ1) is 10.6. The molecule has 2 aliphatic rings. The Hall–Kier alpha value is -0.810. The number of carbonyl (C=O) groups is 1. The predicted octanol–water partition coefficient (Wildman–Crippen LogP) is 2.86. The molecule has 1 heterocycles. The maximum atomic E-state index is 12.6. The summed E-state index contributed by atoms with van der Waals surface area (Å²) in [5, 5.41) is 4.33. The van der Waals surface area contributed by atoms with Crippen molar-refractivity contribution in [2.75, 3.05) is 19.7 Å². The van der Waals surface area contributed by atoms with Crippen molar-refractivity contribution in [1.82, 2.24) is 10.2 Å². The molecule has 1 aromatic carbocycles. The molecular formula is C16H20Cl2N2O2. The number of halogens is 2. The zero-order chi connectivity index (χ0) is 15.5. The monoisotopic (exact) mass is 342 g/mol. The number of hydrogen-bond acceptors (Lipinski definition) is 3. The Morgan fingerprint density at radius 1 is 1.32 bits per heavy atom. The Balaban J connectivity index is 1.64. The minimum Gasteiger partial charge on any atom is -0.375 e. The fraction of sp³-hybridized carbons (Fsp3) is 0.562. The van der Waals surface area contributed by atoms with Crippen molar-refractivity contribution in [3.8, 4) is 0 Å². The molecule has 2 fully saturated rings. The standard InChI is InChI=1S/C16H20Cl2N2O2/c17-14-4-1-11(7-15(14)18)10-20(12-2-3-12)16(21)8-13-9-19-5-6-22-13/h1,4,7,12-13,19H,2-3,5-6,8-10H2/t13-/m1/s1. The van der Waals surface area contributed by atoms with Crippen LogP contribution < -0.4 is 5.32 Å². The molecule has 1 saturated heterocycles. The summed E-state index contributed by atoms with van der Waals surface area (Å²) in [4.78, 5) is 14.6. The van der Waals surface area contributed by atoms with E-state index in [2.05, 4.69) is 5.32 Å². The van der Waals surface area contributed by atoms with Crippen molar-refractivity contribution in [3.05, 3.63) is 33.8 Å². The molecule has 0 aromatic heterocycles. The lowest BCUT2D eigenvalue weighted by molar-refractivity contribution is -0.136. The molecule has 0 bridgehead atoms. The summed E-state index contributed by atoms with van der Waals surface area (Å²) in [6.45, 7) is 2.87. The van der Waals surface area contributed by atoms with Crippen molar-refractivity contribution in [3.63, 3.8) is 0 Å². The van der Waals surface area contributed by atoms with Gasteiger partial charge in [-0.15, -0.1) is 0 Å². The number of carbonyl (C=O) groups excluding carboxylic acids is 1. The first-order valence-corrected chi connectivity index (χ1v) is 8.45. The Labute approximate surface area is 140 Å². The molecular weight excluding hydrogens is 323 g/mol. The van der Waals surface area contributed by atoms with Gasteiger partial charge in [0.15, 0.2) is 0 Å². The summed E-state index contributed by atoms with van der Waals surface area (Å²) in [6.07, 6.45) is 2.58. The Morgan fingerprint density at radius 2 is 2.14 bits per heavy atom. The van der Waals surface area contributed by atoms with Gasteiger partial charge in [0.25, 0.3) is 0 Å². The van der Waals surface area contributed by atoms with Crippen LogP contribution in [0.2, 0.25) is 10.0 Å². The second-order valence-corrected chi connectivity index (χ2v) is 6.72. The summed E-state index contributed by atoms with van der Waals surface area (Å²) < 4.78 is 5.64. The fourth-order valence-electron chi connectivity index (χ4n) is 2.70. The Bertz CT molecular complexity index is 543. The molecule has 22 heavy (non-hydrogen) atoms. The van der Waals surface area contributed by atoms with Crippen molar-refractivity contribution in [1.29, 1.82) is 0 Å². The van der Waals surface area contributed by atoms with Gasteiger partial charge in [-0.25, -0.2) is 0 Å². The first-order valence-electron chi connectivity index (χ1n) is 7.69. The van der Waals surface area contributed by atoms with Crippen LogP contribution >= 0.6 is 23.2 Å². The van der Waals surface area contributed by atoms with E-state index < -0.39 is 0 Å². The largest absolute Gasteiger partial charge is 0.375 e. The summed E-state index contributed by atoms with van der Waals surface area (Å²) >= 11 is 12.0. The molecule has 1 amide bonds. The van der Waals surface area contributed by atoms with E-state index >= 15 is 0 Å². The molecule has 1 aromatic rings. The molecule has 0 spiro atoms. The van der Waals surface area contributed by atoms with Crippen molar-refractivity contribution >= 4 is 29.1 Å². The summed E-state index contributed by atoms with van der Waals surface area (Å²) in [5.41, 5.74) is 1.01. The molecule has 1 N–H and O–H groups in total. The van der Waals surface area contributed by atoms with Crippen molar-refractivity contribution in [2.45, 2.75) is 38.0 Å². The van der Waals surface area contributed by atoms with Crippen LogP contribution in [0.25, 0.3) is 0 Å². The number of benzene rings is 1. The maximum Gasteiger partial charge on any atom is 0.225 e. The van der Waals surface area contributed by atoms with Crippen LogP contribution in [0, 0.1) is 0 Å². The van der Waals surface area contributed by atoms with E-state index in [0.717, 1.165) is 31.5 Å². The van der Waals surface area contributed by atoms with Gasteiger partial charge in [-0.1, -0.05) is 29.3 Å². The quantitative estimate of drug-likeness (QED) is 0.894. The highest BCUT2D eigenvalue weighted by atomic mass is 35.5. The molecule has 6 heteroatoms. The van der Waals surface area contributed by atoms with E-state index in [0.29, 0.717) is 35.7 Å². The lowest BCUT2D eigenvalue weighted by Gasteiger charge is -2.28. The van der Waals surface area contributed by atoms with Crippen molar-refractivity contribution in [2.24, 2.45) is 0 Å². The third-order valence-electron chi connectivity index (χ3n) is 4.05. The molecule has 3 rings (SSSR count). The van der Waals surface area contributed by atoms with E-state index in [4.69, 9.17) is 27.9 Å². The van der Waals surface area contributed by atoms with Gasteiger partial charge in [0.1, 0.15) is 0 Å². The number of nitrogens with zero attached hydrogens (tertiary/aromatic N) is 1. The normalized spacial score (nSPS) is 21.6. The molecule has 1 atom stereocenters. The molecule has 1 aliphatic carbocycles. The second kappa shape index (κ2) is 7.18. The molecule has 120 valence electrons. The minimum atomic E-state index is -0.0173. The number of nitrogens with one attached hydrogen (secondary N) is 1. The lowest BCUT2D eigenvalue weighted by atomic mass is 10.1. The van der Waals surface area contributed by atoms with E-state index in [1.54, 1.807) is 6.07 Å². The summed E-state index contributed by atoms with van der Waals surface area (Å²) in [6, 6.07) is 5.91. The van der Waals surface area contributed by atoms with E-state index in [1.807, 2.05) is 17.0 Å². The van der Waals surface area contributed by atoms with Crippen LogP contribution in [0.15, 0.2) is 18.2 Å². The number of hydrogen-bond donors (Lipinski definition) is 1. The van der Waals surface area contributed by atoms with E-state index in [1.165, 1.54) is 0 Å². The zero-order valence-electron chi connectivity index (χ0n) is 12.4. The third kappa shape index (κ3) is 4.13. The van der Waals surface area contributed by atoms with Crippen LogP contribution in [0.5, 0.6) is 0 Å². The van der Waals surface area contributed by atoms with E-state index in [-0.39, 0.29) is 12.0 Å². The number of rotatable bonds is 5. The highest BCUT2D eigenvalue weighted by molar-refractivity contribution is 6.42. The molecule has 0 unspecified atom stereocenters. The van der Waals surface area contributed by atoms with Gasteiger partial charge in [0.05, 0.1) is 29.2 Å². The van der Waals surface area contributed by atoms with Crippen LogP contribution in [0.4, 0.5) is 0 Å². The maximum absolute atomic E-state index is 12.6. The van der Waals surface area contributed by atoms with E-state index in [9.17, 15) is 4.79 Å². The molecule has 0 radical (unpaired) electrons. The lowest BCUT2D eigenvalue weighted by Crippen LogP contribution is -2.42. The predicted molar refractivity (Wildman–Crippen MR) is 87.3 cm³/mol. The third-order valence-corrected chi connectivity index (χ3v) is 4.79. The van der Waals surface area contributed by atoms with Gasteiger partial charge in [-0.2, -0.15) is 0 Å². The number of amides is 1. The van der Waals surface area contributed by atoms with Gasteiger partial charge < -0.3 is 15.0 Å². The average molecular weight is 343 g/mol. The Kier molecular flexibility index (Phi) is 5.24. The minimum absolute atomic E-state index is 0.0173. The summed E-state index contributed by atoms with van der Waals surface area (Å²) in [5.74, 6) is 0.155. The summed E-state index contributed by atoms with van der Waals surface area (Å²) in [7, 11) is 0. The van der Waals surface area contributed by atoms with Gasteiger partial charge >= 0.3 is 0 Å². The van der Waals surface area contributed by atoms with Crippen LogP contribution in [-0.2, 0) is 16.1 Å². The number of morpholine rings is 1.